The SMILES string of the molecule is O=C(CCOc1ccccc1)Nc1cccc2ncccc12. The number of benzene rings is 2. The summed E-state index contributed by atoms with van der Waals surface area (Å²) in [6.45, 7) is 0.346. The molecular formula is C18H16N2O2. The van der Waals surface area contributed by atoms with Crippen LogP contribution >= 0.6 is 0 Å². The van der Waals surface area contributed by atoms with E-state index in [0.29, 0.717) is 13.0 Å². The number of para-hydroxylation sites is 1. The Hall–Kier alpha value is -2.88. The van der Waals surface area contributed by atoms with Crippen LogP contribution in [0.15, 0.2) is 66.9 Å². The molecule has 1 amide bonds. The van der Waals surface area contributed by atoms with Gasteiger partial charge >= 0.3 is 0 Å². The number of fused-ring (bicyclic) bond motifs is 1. The molecule has 3 aromatic rings. The highest BCUT2D eigenvalue weighted by Crippen LogP contribution is 2.21. The summed E-state index contributed by atoms with van der Waals surface area (Å²) >= 11 is 0. The number of amides is 1. The van der Waals surface area contributed by atoms with Crippen molar-refractivity contribution >= 4 is 22.5 Å². The third-order valence-electron chi connectivity index (χ3n) is 3.26. The summed E-state index contributed by atoms with van der Waals surface area (Å²) in [7, 11) is 0. The predicted octanol–water partition coefficient (Wildman–Crippen LogP) is 3.64. The maximum atomic E-state index is 12.0. The van der Waals surface area contributed by atoms with Crippen molar-refractivity contribution in [2.24, 2.45) is 0 Å². The van der Waals surface area contributed by atoms with Crippen molar-refractivity contribution in [3.05, 3.63) is 66.9 Å². The van der Waals surface area contributed by atoms with Crippen LogP contribution in [0.4, 0.5) is 5.69 Å². The van der Waals surface area contributed by atoms with Gasteiger partial charge in [-0.2, -0.15) is 0 Å². The van der Waals surface area contributed by atoms with Crippen molar-refractivity contribution < 1.29 is 9.53 Å². The lowest BCUT2D eigenvalue weighted by Gasteiger charge is -2.09. The van der Waals surface area contributed by atoms with Gasteiger partial charge in [0.2, 0.25) is 5.91 Å². The molecule has 1 N–H and O–H groups in total. The van der Waals surface area contributed by atoms with Crippen LogP contribution in [0.3, 0.4) is 0 Å². The molecular weight excluding hydrogens is 276 g/mol. The number of nitrogens with zero attached hydrogens (tertiary/aromatic N) is 1. The van der Waals surface area contributed by atoms with E-state index in [1.54, 1.807) is 6.20 Å². The fraction of sp³-hybridized carbons (Fsp3) is 0.111. The van der Waals surface area contributed by atoms with Crippen LogP contribution in [-0.2, 0) is 4.79 Å². The van der Waals surface area contributed by atoms with Crippen molar-refractivity contribution in [2.45, 2.75) is 6.42 Å². The Balaban J connectivity index is 1.59. The quantitative estimate of drug-likeness (QED) is 0.781. The van der Waals surface area contributed by atoms with E-state index in [-0.39, 0.29) is 5.91 Å². The minimum Gasteiger partial charge on any atom is -0.493 e. The topological polar surface area (TPSA) is 51.2 Å². The van der Waals surface area contributed by atoms with Gasteiger partial charge in [0, 0.05) is 11.6 Å². The Morgan fingerprint density at radius 2 is 1.86 bits per heavy atom. The van der Waals surface area contributed by atoms with E-state index in [2.05, 4.69) is 10.3 Å². The van der Waals surface area contributed by atoms with Gasteiger partial charge in [-0.15, -0.1) is 0 Å². The van der Waals surface area contributed by atoms with E-state index in [1.165, 1.54) is 0 Å². The first kappa shape index (κ1) is 14.1. The van der Waals surface area contributed by atoms with Crippen LogP contribution in [-0.4, -0.2) is 17.5 Å². The van der Waals surface area contributed by atoms with Crippen molar-refractivity contribution in [3.8, 4) is 5.75 Å². The lowest BCUT2D eigenvalue weighted by Crippen LogP contribution is -2.15. The van der Waals surface area contributed by atoms with Crippen LogP contribution in [0.2, 0.25) is 0 Å². The standard InChI is InChI=1S/C18H16N2O2/c21-18(11-13-22-14-6-2-1-3-7-14)20-17-10-4-9-16-15(17)8-5-12-19-16/h1-10,12H,11,13H2,(H,20,21). The molecule has 0 bridgehead atoms. The number of hydrogen-bond donors (Lipinski definition) is 1. The van der Waals surface area contributed by atoms with Gasteiger partial charge in [-0.05, 0) is 36.4 Å². The third-order valence-corrected chi connectivity index (χ3v) is 3.26. The van der Waals surface area contributed by atoms with Gasteiger partial charge in [0.25, 0.3) is 0 Å². The number of hydrogen-bond acceptors (Lipinski definition) is 3. The van der Waals surface area contributed by atoms with Gasteiger partial charge in [-0.25, -0.2) is 0 Å². The Kier molecular flexibility index (Phi) is 4.30. The van der Waals surface area contributed by atoms with Gasteiger partial charge in [0.15, 0.2) is 0 Å². The second kappa shape index (κ2) is 6.72. The number of nitrogens with one attached hydrogen (secondary N) is 1. The van der Waals surface area contributed by atoms with E-state index in [9.17, 15) is 4.79 Å². The Morgan fingerprint density at radius 1 is 1.00 bits per heavy atom. The molecule has 0 aliphatic rings. The molecule has 0 aliphatic carbocycles. The summed E-state index contributed by atoms with van der Waals surface area (Å²) in [5.41, 5.74) is 1.64. The number of rotatable bonds is 5. The third kappa shape index (κ3) is 3.41. The molecule has 0 saturated carbocycles. The Bertz CT molecular complexity index is 767. The second-order valence-electron chi connectivity index (χ2n) is 4.84. The molecule has 0 radical (unpaired) electrons. The molecule has 0 fully saturated rings. The average Bonchev–Trinajstić information content (AvgIpc) is 2.56. The monoisotopic (exact) mass is 292 g/mol. The highest BCUT2D eigenvalue weighted by atomic mass is 16.5. The zero-order valence-corrected chi connectivity index (χ0v) is 12.0. The maximum absolute atomic E-state index is 12.0. The van der Waals surface area contributed by atoms with Gasteiger partial charge in [-0.3, -0.25) is 9.78 Å². The van der Waals surface area contributed by atoms with Crippen molar-refractivity contribution in [3.63, 3.8) is 0 Å². The van der Waals surface area contributed by atoms with Crippen LogP contribution in [0.25, 0.3) is 10.9 Å². The average molecular weight is 292 g/mol. The van der Waals surface area contributed by atoms with Gasteiger partial charge in [0.1, 0.15) is 5.75 Å². The van der Waals surface area contributed by atoms with E-state index in [4.69, 9.17) is 4.74 Å². The zero-order chi connectivity index (χ0) is 15.2. The molecule has 3 rings (SSSR count). The molecule has 4 nitrogen and oxygen atoms in total. The molecule has 0 aliphatic heterocycles. The summed E-state index contributed by atoms with van der Waals surface area (Å²) in [5.74, 6) is 0.692. The number of anilines is 1. The number of carbonyl (C=O) groups is 1. The molecule has 110 valence electrons. The van der Waals surface area contributed by atoms with Crippen LogP contribution in [0, 0.1) is 0 Å². The van der Waals surface area contributed by atoms with Gasteiger partial charge in [0.05, 0.1) is 24.2 Å². The fourth-order valence-corrected chi connectivity index (χ4v) is 2.20. The molecule has 2 aromatic carbocycles. The molecule has 22 heavy (non-hydrogen) atoms. The Morgan fingerprint density at radius 3 is 2.73 bits per heavy atom. The molecule has 0 unspecified atom stereocenters. The summed E-state index contributed by atoms with van der Waals surface area (Å²) in [5, 5.41) is 3.84. The molecule has 1 aromatic heterocycles. The van der Waals surface area contributed by atoms with Crippen molar-refractivity contribution in [2.75, 3.05) is 11.9 Å². The summed E-state index contributed by atoms with van der Waals surface area (Å²) in [4.78, 5) is 16.3. The number of carbonyl (C=O) groups excluding carboxylic acids is 1. The smallest absolute Gasteiger partial charge is 0.227 e. The molecule has 4 heteroatoms. The lowest BCUT2D eigenvalue weighted by molar-refractivity contribution is -0.116. The molecule has 0 atom stereocenters. The molecule has 0 spiro atoms. The number of pyridine rings is 1. The molecule has 1 heterocycles. The van der Waals surface area contributed by atoms with Crippen molar-refractivity contribution in [1.82, 2.24) is 4.98 Å². The minimum atomic E-state index is -0.0766. The van der Waals surface area contributed by atoms with E-state index in [1.807, 2.05) is 60.7 Å². The lowest BCUT2D eigenvalue weighted by atomic mass is 10.2. The first-order valence-electron chi connectivity index (χ1n) is 7.14. The first-order valence-corrected chi connectivity index (χ1v) is 7.14. The summed E-state index contributed by atoms with van der Waals surface area (Å²) in [6, 6.07) is 18.9. The van der Waals surface area contributed by atoms with Gasteiger partial charge in [-0.1, -0.05) is 24.3 Å². The largest absolute Gasteiger partial charge is 0.493 e. The first-order chi connectivity index (χ1) is 10.8. The van der Waals surface area contributed by atoms with Crippen LogP contribution in [0.1, 0.15) is 6.42 Å². The summed E-state index contributed by atoms with van der Waals surface area (Å²) < 4.78 is 5.53. The minimum absolute atomic E-state index is 0.0766. The van der Waals surface area contributed by atoms with Crippen LogP contribution in [0.5, 0.6) is 5.75 Å². The van der Waals surface area contributed by atoms with E-state index < -0.39 is 0 Å². The zero-order valence-electron chi connectivity index (χ0n) is 12.0. The maximum Gasteiger partial charge on any atom is 0.227 e. The van der Waals surface area contributed by atoms with E-state index >= 15 is 0 Å². The number of ether oxygens (including phenoxy) is 1. The van der Waals surface area contributed by atoms with E-state index in [0.717, 1.165) is 22.3 Å². The second-order valence-corrected chi connectivity index (χ2v) is 4.84. The van der Waals surface area contributed by atoms with Crippen LogP contribution < -0.4 is 10.1 Å². The number of aromatic nitrogens is 1. The highest BCUT2D eigenvalue weighted by molar-refractivity contribution is 6.00. The Labute approximate surface area is 128 Å². The molecule has 0 saturated heterocycles. The van der Waals surface area contributed by atoms with Gasteiger partial charge < -0.3 is 10.1 Å². The highest BCUT2D eigenvalue weighted by Gasteiger charge is 2.06. The predicted molar refractivity (Wildman–Crippen MR) is 86.9 cm³/mol. The summed E-state index contributed by atoms with van der Waals surface area (Å²) in [6.07, 6.45) is 2.03. The normalized spacial score (nSPS) is 10.4. The van der Waals surface area contributed by atoms with Crippen molar-refractivity contribution in [1.29, 1.82) is 0 Å². The fourth-order valence-electron chi connectivity index (χ4n) is 2.20.